The molecule has 0 radical (unpaired) electrons. The van der Waals surface area contributed by atoms with E-state index in [1.807, 2.05) is 39.5 Å². The van der Waals surface area contributed by atoms with E-state index in [0.29, 0.717) is 47.8 Å². The molecule has 0 amide bonds. The van der Waals surface area contributed by atoms with E-state index in [1.54, 1.807) is 39.0 Å². The molecule has 2 aromatic rings. The van der Waals surface area contributed by atoms with Gasteiger partial charge in [-0.1, -0.05) is 27.7 Å². The quantitative estimate of drug-likeness (QED) is 0.259. The van der Waals surface area contributed by atoms with E-state index in [-0.39, 0.29) is 54.8 Å². The van der Waals surface area contributed by atoms with Crippen molar-refractivity contribution in [2.45, 2.75) is 79.9 Å². The number of ketones is 1. The molecule has 0 spiro atoms. The Kier molecular flexibility index (Phi) is 10.5. The molecule has 1 atom stereocenters. The smallest absolute Gasteiger partial charge is 0.344 e. The minimum absolute atomic E-state index is 0.0305. The molecule has 0 bridgehead atoms. The number of aliphatic carboxylic acids is 1. The van der Waals surface area contributed by atoms with Crippen LogP contribution in [0.25, 0.3) is 0 Å². The number of benzene rings is 2. The predicted molar refractivity (Wildman–Crippen MR) is 161 cm³/mol. The minimum Gasteiger partial charge on any atom is -0.490 e. The number of rotatable bonds is 14. The normalized spacial score (nSPS) is 13.5. The Hall–Kier alpha value is -3.82. The number of anilines is 1. The van der Waals surface area contributed by atoms with Gasteiger partial charge in [0.05, 0.1) is 31.0 Å². The van der Waals surface area contributed by atoms with Gasteiger partial charge in [0.25, 0.3) is 0 Å². The number of nitrogens with zero attached hydrogens (tertiary/aromatic N) is 2. The fourth-order valence-corrected chi connectivity index (χ4v) is 5.13. The largest absolute Gasteiger partial charge is 0.490 e. The molecule has 0 aromatic heterocycles. The molecule has 3 rings (SSSR count). The molecule has 0 saturated carbocycles. The second-order valence-corrected chi connectivity index (χ2v) is 11.2. The molecule has 2 aromatic carbocycles. The maximum absolute atomic E-state index is 15.5. The molecule has 10 heteroatoms. The van der Waals surface area contributed by atoms with Crippen molar-refractivity contribution >= 4 is 23.3 Å². The van der Waals surface area contributed by atoms with Crippen LogP contribution in [0, 0.1) is 11.2 Å². The lowest BCUT2D eigenvalue weighted by Crippen LogP contribution is -2.32. The number of Topliss-reactive ketones (excluding diaryl/α,β-unsaturated/α-hetero) is 1. The molecule has 1 heterocycles. The summed E-state index contributed by atoms with van der Waals surface area (Å²) in [5.74, 6) is -1.36. The highest BCUT2D eigenvalue weighted by Gasteiger charge is 2.34. The zero-order valence-corrected chi connectivity index (χ0v) is 26.0. The first kappa shape index (κ1) is 32.7. The molecule has 1 aliphatic rings. The van der Waals surface area contributed by atoms with Gasteiger partial charge in [0.2, 0.25) is 0 Å². The zero-order valence-electron chi connectivity index (χ0n) is 26.0. The van der Waals surface area contributed by atoms with Crippen molar-refractivity contribution < 1.29 is 33.3 Å². The van der Waals surface area contributed by atoms with E-state index in [4.69, 9.17) is 19.6 Å². The number of carbonyl (C=O) groups is 2. The number of hydrogen-bond donors (Lipinski definition) is 2. The van der Waals surface area contributed by atoms with Crippen LogP contribution >= 0.6 is 0 Å². The van der Waals surface area contributed by atoms with Crippen LogP contribution in [0.4, 0.5) is 10.1 Å². The van der Waals surface area contributed by atoms with Crippen molar-refractivity contribution in [1.82, 2.24) is 4.90 Å². The first-order valence-electron chi connectivity index (χ1n) is 14.6. The van der Waals surface area contributed by atoms with Crippen molar-refractivity contribution in [2.75, 3.05) is 37.7 Å². The van der Waals surface area contributed by atoms with Crippen molar-refractivity contribution in [2.24, 2.45) is 0 Å². The van der Waals surface area contributed by atoms with E-state index in [9.17, 15) is 14.7 Å². The van der Waals surface area contributed by atoms with E-state index >= 15 is 4.39 Å². The van der Waals surface area contributed by atoms with Gasteiger partial charge in [-0.15, -0.1) is 0 Å². The number of nitrogens with one attached hydrogen (secondary N) is 1. The van der Waals surface area contributed by atoms with E-state index in [0.717, 1.165) is 0 Å². The standard InChI is InChI=1S/C32H44FN3O6/c1-9-24(31(38)39)42-28-21(32(6,7)8)14-19(15-22(28)35(10-2)11-3)23(37)18-36-17-20-16-25(40-12-4)29(41-13-5)27(33)26(20)30(36)34/h14-16,24,34H,9-13,17-18H2,1-8H3,(H,38,39). The number of fused-ring (bicyclic) bond motifs is 1. The van der Waals surface area contributed by atoms with E-state index < -0.39 is 23.3 Å². The fraction of sp³-hybridized carbons (Fsp3) is 0.531. The first-order chi connectivity index (χ1) is 19.8. The number of carboxylic acids is 1. The minimum atomic E-state index is -1.05. The molecule has 0 fully saturated rings. The fourth-order valence-electron chi connectivity index (χ4n) is 5.13. The third-order valence-corrected chi connectivity index (χ3v) is 7.32. The second kappa shape index (κ2) is 13.4. The Morgan fingerprint density at radius 2 is 1.69 bits per heavy atom. The van der Waals surface area contributed by atoms with Gasteiger partial charge < -0.3 is 29.1 Å². The lowest BCUT2D eigenvalue weighted by molar-refractivity contribution is -0.145. The van der Waals surface area contributed by atoms with Crippen LogP contribution < -0.4 is 19.1 Å². The van der Waals surface area contributed by atoms with Gasteiger partial charge in [-0.2, -0.15) is 0 Å². The van der Waals surface area contributed by atoms with Crippen LogP contribution in [-0.4, -0.2) is 66.5 Å². The molecule has 0 saturated heterocycles. The average molecular weight is 586 g/mol. The lowest BCUT2D eigenvalue weighted by Gasteiger charge is -2.32. The van der Waals surface area contributed by atoms with Gasteiger partial charge in [0, 0.05) is 30.8 Å². The van der Waals surface area contributed by atoms with Crippen LogP contribution in [0.5, 0.6) is 17.2 Å². The van der Waals surface area contributed by atoms with Crippen molar-refractivity contribution in [3.8, 4) is 17.2 Å². The van der Waals surface area contributed by atoms with E-state index in [2.05, 4.69) is 0 Å². The molecule has 42 heavy (non-hydrogen) atoms. The summed E-state index contributed by atoms with van der Waals surface area (Å²) in [5, 5.41) is 18.4. The van der Waals surface area contributed by atoms with Crippen LogP contribution in [-0.2, 0) is 16.8 Å². The topological polar surface area (TPSA) is 112 Å². The molecule has 1 unspecified atom stereocenters. The third kappa shape index (κ3) is 6.63. The molecule has 9 nitrogen and oxygen atoms in total. The Bertz CT molecular complexity index is 1330. The molecule has 2 N–H and O–H groups in total. The Morgan fingerprint density at radius 3 is 2.21 bits per heavy atom. The SMILES string of the molecule is CCOc1cc2c(c(F)c1OCC)C(=N)N(CC(=O)c1cc(N(CC)CC)c(OC(CC)C(=O)O)c(C(C)(C)C)c1)C2. The van der Waals surface area contributed by atoms with Gasteiger partial charge >= 0.3 is 5.97 Å². The van der Waals surface area contributed by atoms with E-state index in [1.165, 1.54) is 4.90 Å². The van der Waals surface area contributed by atoms with Crippen molar-refractivity contribution in [1.29, 1.82) is 5.41 Å². The predicted octanol–water partition coefficient (Wildman–Crippen LogP) is 6.03. The van der Waals surface area contributed by atoms with Crippen LogP contribution in [0.1, 0.15) is 88.9 Å². The number of amidine groups is 1. The first-order valence-corrected chi connectivity index (χ1v) is 14.6. The average Bonchev–Trinajstić information content (AvgIpc) is 3.24. The van der Waals surface area contributed by atoms with Crippen LogP contribution in [0.15, 0.2) is 18.2 Å². The Labute approximate surface area is 248 Å². The molecule has 0 aliphatic carbocycles. The summed E-state index contributed by atoms with van der Waals surface area (Å²) >= 11 is 0. The van der Waals surface area contributed by atoms with Crippen molar-refractivity contribution in [3.63, 3.8) is 0 Å². The number of halogens is 1. The summed E-state index contributed by atoms with van der Waals surface area (Å²) in [6.07, 6.45) is -0.759. The van der Waals surface area contributed by atoms with Crippen molar-refractivity contribution in [3.05, 3.63) is 46.3 Å². The highest BCUT2D eigenvalue weighted by Crippen LogP contribution is 2.42. The monoisotopic (exact) mass is 585 g/mol. The highest BCUT2D eigenvalue weighted by atomic mass is 19.1. The lowest BCUT2D eigenvalue weighted by atomic mass is 9.84. The molecular formula is C32H44FN3O6. The second-order valence-electron chi connectivity index (χ2n) is 11.2. The number of carbonyl (C=O) groups excluding carboxylic acids is 1. The molecular weight excluding hydrogens is 541 g/mol. The number of hydrogen-bond acceptors (Lipinski definition) is 7. The van der Waals surface area contributed by atoms with Gasteiger partial charge in [0.15, 0.2) is 29.2 Å². The Balaban J connectivity index is 2.05. The zero-order chi connectivity index (χ0) is 31.4. The molecule has 230 valence electrons. The van der Waals surface area contributed by atoms with Gasteiger partial charge in [-0.05, 0) is 63.3 Å². The summed E-state index contributed by atoms with van der Waals surface area (Å²) in [6.45, 7) is 17.1. The van der Waals surface area contributed by atoms with Gasteiger partial charge in [0.1, 0.15) is 11.6 Å². The maximum Gasteiger partial charge on any atom is 0.344 e. The molecule has 1 aliphatic heterocycles. The third-order valence-electron chi connectivity index (χ3n) is 7.32. The number of carboxylic acid groups (broad SMARTS) is 1. The summed E-state index contributed by atoms with van der Waals surface area (Å²) in [6, 6.07) is 5.18. The summed E-state index contributed by atoms with van der Waals surface area (Å²) in [4.78, 5) is 29.3. The summed E-state index contributed by atoms with van der Waals surface area (Å²) < 4.78 is 32.8. The number of ether oxygens (including phenoxy) is 3. The van der Waals surface area contributed by atoms with Crippen LogP contribution in [0.3, 0.4) is 0 Å². The van der Waals surface area contributed by atoms with Gasteiger partial charge in [-0.25, -0.2) is 9.18 Å². The van der Waals surface area contributed by atoms with Crippen LogP contribution in [0.2, 0.25) is 0 Å². The summed E-state index contributed by atoms with van der Waals surface area (Å²) in [7, 11) is 0. The highest BCUT2D eigenvalue weighted by molar-refractivity contribution is 6.06. The van der Waals surface area contributed by atoms with Gasteiger partial charge in [-0.3, -0.25) is 10.2 Å². The summed E-state index contributed by atoms with van der Waals surface area (Å²) in [5.41, 5.74) is 1.95. The Morgan fingerprint density at radius 1 is 1.05 bits per heavy atom. The maximum atomic E-state index is 15.5.